The van der Waals surface area contributed by atoms with E-state index in [1.807, 2.05) is 13.8 Å². The lowest BCUT2D eigenvalue weighted by Crippen LogP contribution is -2.58. The summed E-state index contributed by atoms with van der Waals surface area (Å²) in [4.78, 5) is 117. The van der Waals surface area contributed by atoms with E-state index in [0.717, 1.165) is 17.2 Å². The van der Waals surface area contributed by atoms with E-state index in [4.69, 9.17) is 34.4 Å². The van der Waals surface area contributed by atoms with Crippen LogP contribution in [0.1, 0.15) is 111 Å². The fourth-order valence-corrected chi connectivity index (χ4v) is 20.6. The van der Waals surface area contributed by atoms with Crippen LogP contribution in [0.15, 0.2) is 212 Å². The van der Waals surface area contributed by atoms with E-state index in [1.165, 1.54) is 0 Å². The van der Waals surface area contributed by atoms with Crippen molar-refractivity contribution in [3.63, 3.8) is 0 Å². The van der Waals surface area contributed by atoms with E-state index in [9.17, 15) is 57.6 Å². The second-order valence-electron chi connectivity index (χ2n) is 32.7. The third-order valence-corrected chi connectivity index (χ3v) is 28.5. The zero-order valence-corrected chi connectivity index (χ0v) is 77.5. The summed E-state index contributed by atoms with van der Waals surface area (Å²) in [5, 5.41) is 23.4. The highest BCUT2D eigenvalue weighted by atomic mass is 32.2. The first-order valence-corrected chi connectivity index (χ1v) is 50.5. The molecule has 8 amide bonds. The van der Waals surface area contributed by atoms with Crippen LogP contribution in [-0.2, 0) is 122 Å². The number of benzene rings is 7. The van der Waals surface area contributed by atoms with Gasteiger partial charge in [0.25, 0.3) is 0 Å². The van der Waals surface area contributed by atoms with Gasteiger partial charge in [0.2, 0.25) is 87.4 Å². The van der Waals surface area contributed by atoms with Crippen molar-refractivity contribution >= 4 is 87.4 Å². The van der Waals surface area contributed by atoms with E-state index in [1.54, 1.807) is 212 Å². The fraction of sp³-hybridized carbons (Fsp3) is 0.457. The minimum Gasteiger partial charge on any atom is -0.369 e. The second kappa shape index (κ2) is 55.8. The number of hydrogen-bond donors (Lipinski definition) is 14. The lowest BCUT2D eigenvalue weighted by Gasteiger charge is -2.31. The zero-order chi connectivity index (χ0) is 94.5. The average Bonchev–Trinajstić information content (AvgIpc) is 0.830. The largest absolute Gasteiger partial charge is 0.369 e. The van der Waals surface area contributed by atoms with Gasteiger partial charge >= 0.3 is 0 Å². The summed E-state index contributed by atoms with van der Waals surface area (Å²) >= 11 is 0. The second-order valence-corrected chi connectivity index (χ2v) is 40.8. The van der Waals surface area contributed by atoms with Gasteiger partial charge in [-0.05, 0) is 123 Å². The highest BCUT2D eigenvalue weighted by molar-refractivity contribution is 7.89. The Hall–Kier alpha value is -10.3. The average molecular weight is 1870 g/mol. The molecular formula is C92H132N18O16S4. The molecule has 0 aromatic heterocycles. The number of unbranched alkanes of at least 4 members (excludes halogenated alkanes) is 3. The lowest BCUT2D eigenvalue weighted by atomic mass is 10.0. The lowest BCUT2D eigenvalue weighted by molar-refractivity contribution is -0.130. The molecule has 0 fully saturated rings. The van der Waals surface area contributed by atoms with Crippen molar-refractivity contribution in [3.8, 4) is 0 Å². The number of primary amides is 1. The molecule has 7 aromatic carbocycles. The van der Waals surface area contributed by atoms with Crippen molar-refractivity contribution < 1.29 is 72.0 Å². The number of sulfonamides is 4. The van der Waals surface area contributed by atoms with Crippen molar-refractivity contribution in [2.75, 3.05) is 96.6 Å². The van der Waals surface area contributed by atoms with Crippen LogP contribution in [0.5, 0.6) is 0 Å². The summed E-state index contributed by atoms with van der Waals surface area (Å²) in [6.07, 6.45) is 3.16. The van der Waals surface area contributed by atoms with Crippen LogP contribution in [-0.4, -0.2) is 249 Å². The monoisotopic (exact) mass is 1870 g/mol. The van der Waals surface area contributed by atoms with E-state index in [0.29, 0.717) is 90.6 Å². The molecular weight excluding hydrogens is 1740 g/mol. The Balaban J connectivity index is 1.18. The number of nitrogens with two attached hydrogens (primary N) is 6. The number of nitrogens with one attached hydrogen (secondary N) is 8. The quantitative estimate of drug-likeness (QED) is 0.0241. The van der Waals surface area contributed by atoms with Crippen LogP contribution in [0.3, 0.4) is 0 Å². The topological polar surface area (TPSA) is 538 Å². The summed E-state index contributed by atoms with van der Waals surface area (Å²) in [5.74, 6) is -9.19. The maximum atomic E-state index is 15.4. The third-order valence-electron chi connectivity index (χ3n) is 21.3. The normalized spacial score (nSPS) is 13.9. The van der Waals surface area contributed by atoms with E-state index >= 15 is 14.4 Å². The standard InChI is InChI=1S/C92H132N18O16S4/c1-69(2)99-81(45-25-28-48-94)89(115)100-77(44-24-27-47-93)59-110(130(125,126)68-76-42-22-9-23-43-76)66-88(114)106-84(58-74-38-18-7-19-39-74)92(118)103-80(56-72-34-14-5-15-35-72)62-109(128(121,122)53-51-97)65-87(113)105-83(57-73-36-16-6-17-37-73)91(117)102-79(55-71-32-12-4-13-33-71)61-108(127(119,120)52-50-96)64-86(112)104-82(46-26-29-49-95)90(116)101-78(54-70-30-10-3-11-31-70)60-107(63-85(98)111)129(123,124)67-75-40-20-8-21-41-75/h3-23,30-43,69,77-84,99H,24-29,44-68,93-97H2,1-2H3,(H2,98,111)(H,100,115)(H,101,116)(H,102,117)(H,103,118)(H,104,112)(H,105,113)(H,106,114). The fourth-order valence-electron chi connectivity index (χ4n) is 15.0. The number of hydrogen-bond acceptors (Lipinski definition) is 22. The van der Waals surface area contributed by atoms with Gasteiger partial charge in [-0.3, -0.25) is 38.4 Å². The Morgan fingerprint density at radius 2 is 0.538 bits per heavy atom. The summed E-state index contributed by atoms with van der Waals surface area (Å²) in [6.45, 7) is -1.62. The number of rotatable bonds is 63. The minimum atomic E-state index is -4.58. The molecule has 710 valence electrons. The molecule has 0 aliphatic carbocycles. The summed E-state index contributed by atoms with van der Waals surface area (Å²) in [6, 6.07) is 50.2. The van der Waals surface area contributed by atoms with E-state index in [-0.39, 0.29) is 76.4 Å². The van der Waals surface area contributed by atoms with Crippen molar-refractivity contribution in [3.05, 3.63) is 251 Å². The van der Waals surface area contributed by atoms with Crippen LogP contribution >= 0.6 is 0 Å². The van der Waals surface area contributed by atoms with E-state index < -0.39 is 212 Å². The van der Waals surface area contributed by atoms with Crippen molar-refractivity contribution in [1.82, 2.24) is 59.8 Å². The smallest absolute Gasteiger partial charge is 0.243 e. The summed E-state index contributed by atoms with van der Waals surface area (Å²) < 4.78 is 121. The Morgan fingerprint density at radius 3 is 0.846 bits per heavy atom. The Morgan fingerprint density at radius 1 is 0.285 bits per heavy atom. The van der Waals surface area contributed by atoms with Gasteiger partial charge in [0.15, 0.2) is 0 Å². The van der Waals surface area contributed by atoms with Gasteiger partial charge in [-0.2, -0.15) is 17.2 Å². The Labute approximate surface area is 766 Å². The first-order chi connectivity index (χ1) is 62.2. The van der Waals surface area contributed by atoms with Gasteiger partial charge in [0, 0.05) is 82.3 Å². The molecule has 0 spiro atoms. The molecule has 0 heterocycles. The summed E-state index contributed by atoms with van der Waals surface area (Å²) in [7, 11) is -17.8. The molecule has 0 radical (unpaired) electrons. The first-order valence-electron chi connectivity index (χ1n) is 44.0. The van der Waals surface area contributed by atoms with Gasteiger partial charge in [-0.15, -0.1) is 0 Å². The maximum absolute atomic E-state index is 15.4. The molecule has 0 bridgehead atoms. The molecule has 20 N–H and O–H groups in total. The molecule has 34 nitrogen and oxygen atoms in total. The summed E-state index contributed by atoms with van der Waals surface area (Å²) in [5.41, 5.74) is 39.0. The van der Waals surface area contributed by atoms with Gasteiger partial charge < -0.3 is 76.9 Å². The molecule has 8 atom stereocenters. The highest BCUT2D eigenvalue weighted by Gasteiger charge is 2.38. The number of amides is 8. The predicted octanol–water partition coefficient (Wildman–Crippen LogP) is 1.68. The third kappa shape index (κ3) is 39.0. The molecule has 7 aromatic rings. The SMILES string of the molecule is CC(C)NC(CCCCN)C(=O)NC(CCCCN)CN(CC(=O)NC(Cc1ccccc1)C(=O)NC(Cc1ccccc1)CN(CC(=O)NC(Cc1ccccc1)C(=O)NC(Cc1ccccc1)CN(CC(=O)NC(CCCCN)C(=O)NC(Cc1ccccc1)CN(CC(N)=O)S(=O)(=O)Cc1ccccc1)S(=O)(=O)CCN)S(=O)(=O)CCN)S(=O)(=O)Cc1ccccc1. The van der Waals surface area contributed by atoms with Gasteiger partial charge in [0.1, 0.15) is 18.1 Å². The molecule has 0 aliphatic rings. The Kier molecular flexibility index (Phi) is 45.8. The van der Waals surface area contributed by atoms with Crippen LogP contribution in [0, 0.1) is 0 Å². The van der Waals surface area contributed by atoms with Gasteiger partial charge in [-0.25, -0.2) is 33.7 Å². The van der Waals surface area contributed by atoms with Crippen LogP contribution in [0.25, 0.3) is 0 Å². The van der Waals surface area contributed by atoms with Crippen molar-refractivity contribution in [1.29, 1.82) is 0 Å². The molecule has 0 saturated carbocycles. The van der Waals surface area contributed by atoms with Crippen molar-refractivity contribution in [2.45, 2.75) is 170 Å². The maximum Gasteiger partial charge on any atom is 0.243 e. The molecule has 38 heteroatoms. The highest BCUT2D eigenvalue weighted by Crippen LogP contribution is 2.21. The zero-order valence-electron chi connectivity index (χ0n) is 74.2. The number of nitrogens with zero attached hydrogens (tertiary/aromatic N) is 4. The Bertz CT molecular complexity index is 5100. The predicted molar refractivity (Wildman–Crippen MR) is 504 cm³/mol. The van der Waals surface area contributed by atoms with Crippen LogP contribution < -0.4 is 76.9 Å². The van der Waals surface area contributed by atoms with Gasteiger partial charge in [-0.1, -0.05) is 239 Å². The molecule has 130 heavy (non-hydrogen) atoms. The van der Waals surface area contributed by atoms with Crippen molar-refractivity contribution in [2.24, 2.45) is 34.4 Å². The minimum absolute atomic E-state index is 0.0349. The van der Waals surface area contributed by atoms with Gasteiger partial charge in [0.05, 0.1) is 55.2 Å². The molecule has 0 aliphatic heterocycles. The number of carbonyl (C=O) groups excluding carboxylic acids is 8. The number of carbonyl (C=O) groups is 8. The first kappa shape index (κ1) is 107. The van der Waals surface area contributed by atoms with Crippen LogP contribution in [0.4, 0.5) is 0 Å². The molecule has 7 rings (SSSR count). The van der Waals surface area contributed by atoms with Crippen LogP contribution in [0.2, 0.25) is 0 Å². The molecule has 8 unspecified atom stereocenters. The van der Waals surface area contributed by atoms with E-state index in [2.05, 4.69) is 42.5 Å². The molecule has 0 saturated heterocycles.